The minimum Gasteiger partial charge on any atom is -0.480 e. The Morgan fingerprint density at radius 1 is 1.22 bits per heavy atom. The number of carbonyl (C=O) groups excluding carboxylic acids is 1. The lowest BCUT2D eigenvalue weighted by atomic mass is 10.1. The lowest BCUT2D eigenvalue weighted by Gasteiger charge is -2.20. The van der Waals surface area contributed by atoms with Crippen LogP contribution in [0.3, 0.4) is 0 Å². The first-order valence-electron chi connectivity index (χ1n) is 6.76. The molecule has 1 saturated heterocycles. The predicted octanol–water partition coefficient (Wildman–Crippen LogP) is 2.72. The van der Waals surface area contributed by atoms with Gasteiger partial charge in [0.15, 0.2) is 0 Å². The highest BCUT2D eigenvalue weighted by Crippen LogP contribution is 2.22. The zero-order valence-electron chi connectivity index (χ0n) is 11.1. The summed E-state index contributed by atoms with van der Waals surface area (Å²) in [5.74, 6) is 0.183. The minimum atomic E-state index is -0.878. The van der Waals surface area contributed by atoms with Crippen molar-refractivity contribution in [1.82, 2.24) is 4.90 Å². The number of carboxylic acid groups (broad SMARTS) is 1. The third-order valence-electron chi connectivity index (χ3n) is 3.23. The molecule has 0 aromatic rings. The van der Waals surface area contributed by atoms with Gasteiger partial charge in [0, 0.05) is 12.2 Å². The van der Waals surface area contributed by atoms with Gasteiger partial charge in [-0.3, -0.25) is 4.79 Å². The van der Waals surface area contributed by atoms with Crippen LogP contribution in [0.2, 0.25) is 0 Å². The second-order valence-electron chi connectivity index (χ2n) is 4.74. The number of thioether (sulfide) groups is 1. The molecule has 0 radical (unpaired) electrons. The minimum absolute atomic E-state index is 0.00268. The van der Waals surface area contributed by atoms with E-state index < -0.39 is 12.0 Å². The van der Waals surface area contributed by atoms with Gasteiger partial charge in [-0.25, -0.2) is 4.79 Å². The van der Waals surface area contributed by atoms with E-state index in [9.17, 15) is 9.59 Å². The van der Waals surface area contributed by atoms with Crippen LogP contribution < -0.4 is 0 Å². The topological polar surface area (TPSA) is 57.6 Å². The predicted molar refractivity (Wildman–Crippen MR) is 73.6 cm³/mol. The maximum absolute atomic E-state index is 11.9. The molecule has 5 heteroatoms. The molecule has 1 N–H and O–H groups in total. The van der Waals surface area contributed by atoms with Gasteiger partial charge in [0.2, 0.25) is 5.91 Å². The standard InChI is InChI=1S/C13H23NO3S/c1-2-3-4-5-6-7-8-12(15)14-10-18-9-11(14)13(16)17/h11H,2-10H2,1H3,(H,16,17)/t11-/m0/s1. The normalized spacial score (nSPS) is 19.2. The molecule has 1 heterocycles. The maximum atomic E-state index is 11.9. The lowest BCUT2D eigenvalue weighted by Crippen LogP contribution is -2.41. The van der Waals surface area contributed by atoms with E-state index in [4.69, 9.17) is 5.11 Å². The Kier molecular flexibility index (Phi) is 7.16. The fourth-order valence-electron chi connectivity index (χ4n) is 2.09. The zero-order valence-corrected chi connectivity index (χ0v) is 11.9. The van der Waals surface area contributed by atoms with E-state index >= 15 is 0 Å². The highest BCUT2D eigenvalue weighted by molar-refractivity contribution is 7.99. The molecule has 0 unspecified atom stereocenters. The number of hydrogen-bond donors (Lipinski definition) is 1. The van der Waals surface area contributed by atoms with Gasteiger partial charge in [-0.05, 0) is 6.42 Å². The largest absolute Gasteiger partial charge is 0.480 e. The number of nitrogens with zero attached hydrogens (tertiary/aromatic N) is 1. The van der Waals surface area contributed by atoms with E-state index in [1.807, 2.05) is 0 Å². The van der Waals surface area contributed by atoms with E-state index in [1.165, 1.54) is 42.3 Å². The van der Waals surface area contributed by atoms with Crippen LogP contribution >= 0.6 is 11.8 Å². The zero-order chi connectivity index (χ0) is 13.4. The van der Waals surface area contributed by atoms with Gasteiger partial charge in [0.25, 0.3) is 0 Å². The van der Waals surface area contributed by atoms with E-state index in [0.29, 0.717) is 18.1 Å². The second kappa shape index (κ2) is 8.40. The molecule has 1 rings (SSSR count). The Hall–Kier alpha value is -0.710. The first-order chi connectivity index (χ1) is 8.66. The van der Waals surface area contributed by atoms with Crippen molar-refractivity contribution in [2.24, 2.45) is 0 Å². The third kappa shape index (κ3) is 4.88. The maximum Gasteiger partial charge on any atom is 0.327 e. The summed E-state index contributed by atoms with van der Waals surface area (Å²) >= 11 is 1.52. The monoisotopic (exact) mass is 273 g/mol. The van der Waals surface area contributed by atoms with Gasteiger partial charge in [-0.2, -0.15) is 0 Å². The van der Waals surface area contributed by atoms with Crippen LogP contribution in [0.5, 0.6) is 0 Å². The van der Waals surface area contributed by atoms with Crippen molar-refractivity contribution in [1.29, 1.82) is 0 Å². The number of carboxylic acids is 1. The molecule has 0 aromatic carbocycles. The van der Waals surface area contributed by atoms with E-state index in [2.05, 4.69) is 6.92 Å². The first kappa shape index (κ1) is 15.3. The van der Waals surface area contributed by atoms with E-state index in [-0.39, 0.29) is 5.91 Å². The molecule has 104 valence electrons. The molecule has 1 aliphatic rings. The number of unbranched alkanes of at least 4 members (excludes halogenated alkanes) is 5. The van der Waals surface area contributed by atoms with Crippen LogP contribution in [-0.2, 0) is 9.59 Å². The van der Waals surface area contributed by atoms with Gasteiger partial charge in [-0.1, -0.05) is 39.0 Å². The van der Waals surface area contributed by atoms with Crippen LogP contribution in [0.15, 0.2) is 0 Å². The van der Waals surface area contributed by atoms with Crippen LogP contribution in [0.25, 0.3) is 0 Å². The van der Waals surface area contributed by atoms with Crippen LogP contribution in [0, 0.1) is 0 Å². The summed E-state index contributed by atoms with van der Waals surface area (Å²) in [6, 6.07) is -0.609. The van der Waals surface area contributed by atoms with Crippen molar-refractivity contribution in [2.75, 3.05) is 11.6 Å². The number of carbonyl (C=O) groups is 2. The molecule has 1 atom stereocenters. The molecule has 0 aliphatic carbocycles. The van der Waals surface area contributed by atoms with Crippen molar-refractivity contribution in [3.63, 3.8) is 0 Å². The average Bonchev–Trinajstić information content (AvgIpc) is 2.82. The molecule has 0 bridgehead atoms. The SMILES string of the molecule is CCCCCCCCC(=O)N1CSC[C@H]1C(=O)O. The van der Waals surface area contributed by atoms with Crippen LogP contribution in [0.1, 0.15) is 51.9 Å². The summed E-state index contributed by atoms with van der Waals surface area (Å²) in [4.78, 5) is 24.4. The summed E-state index contributed by atoms with van der Waals surface area (Å²) < 4.78 is 0. The van der Waals surface area contributed by atoms with Crippen LogP contribution in [0.4, 0.5) is 0 Å². The fourth-order valence-corrected chi connectivity index (χ4v) is 3.27. The van der Waals surface area contributed by atoms with E-state index in [1.54, 1.807) is 0 Å². The summed E-state index contributed by atoms with van der Waals surface area (Å²) in [6.07, 6.45) is 7.36. The first-order valence-corrected chi connectivity index (χ1v) is 7.92. The summed E-state index contributed by atoms with van der Waals surface area (Å²) in [7, 11) is 0. The van der Waals surface area contributed by atoms with Crippen LogP contribution in [-0.4, -0.2) is 39.6 Å². The molecule has 18 heavy (non-hydrogen) atoms. The molecule has 1 aliphatic heterocycles. The highest BCUT2D eigenvalue weighted by Gasteiger charge is 2.33. The third-order valence-corrected chi connectivity index (χ3v) is 4.24. The van der Waals surface area contributed by atoms with Gasteiger partial charge in [0.05, 0.1) is 5.88 Å². The summed E-state index contributed by atoms with van der Waals surface area (Å²) in [6.45, 7) is 2.18. The Morgan fingerprint density at radius 3 is 2.56 bits per heavy atom. The van der Waals surface area contributed by atoms with Gasteiger partial charge in [-0.15, -0.1) is 11.8 Å². The molecule has 0 saturated carbocycles. The number of hydrogen-bond acceptors (Lipinski definition) is 3. The highest BCUT2D eigenvalue weighted by atomic mass is 32.2. The molecule has 4 nitrogen and oxygen atoms in total. The fraction of sp³-hybridized carbons (Fsp3) is 0.846. The Labute approximate surface area is 113 Å². The van der Waals surface area contributed by atoms with Gasteiger partial charge in [0.1, 0.15) is 6.04 Å². The van der Waals surface area contributed by atoms with Crippen molar-refractivity contribution in [3.8, 4) is 0 Å². The average molecular weight is 273 g/mol. The summed E-state index contributed by atoms with van der Waals surface area (Å²) in [5, 5.41) is 8.99. The number of rotatable bonds is 8. The van der Waals surface area contributed by atoms with Crippen molar-refractivity contribution >= 4 is 23.6 Å². The number of amides is 1. The lowest BCUT2D eigenvalue weighted by molar-refractivity contribution is -0.147. The Bertz CT molecular complexity index is 283. The van der Waals surface area contributed by atoms with Crippen molar-refractivity contribution in [2.45, 2.75) is 57.9 Å². The summed E-state index contributed by atoms with van der Waals surface area (Å²) in [5.41, 5.74) is 0. The molecule has 1 amide bonds. The molecule has 0 spiro atoms. The molecular formula is C13H23NO3S. The molecule has 1 fully saturated rings. The molecular weight excluding hydrogens is 250 g/mol. The second-order valence-corrected chi connectivity index (χ2v) is 5.73. The van der Waals surface area contributed by atoms with E-state index in [0.717, 1.165) is 12.8 Å². The van der Waals surface area contributed by atoms with Crippen molar-refractivity contribution in [3.05, 3.63) is 0 Å². The number of aliphatic carboxylic acids is 1. The van der Waals surface area contributed by atoms with Gasteiger partial charge < -0.3 is 10.0 Å². The van der Waals surface area contributed by atoms with Crippen molar-refractivity contribution < 1.29 is 14.7 Å². The Balaban J connectivity index is 2.18. The molecule has 0 aromatic heterocycles. The smallest absolute Gasteiger partial charge is 0.327 e. The van der Waals surface area contributed by atoms with Gasteiger partial charge >= 0.3 is 5.97 Å². The Morgan fingerprint density at radius 2 is 1.89 bits per heavy atom. The quantitative estimate of drug-likeness (QED) is 0.691.